The third kappa shape index (κ3) is 2.21. The van der Waals surface area contributed by atoms with Gasteiger partial charge in [-0.2, -0.15) is 0 Å². The monoisotopic (exact) mass is 362 g/mol. The van der Waals surface area contributed by atoms with Gasteiger partial charge >= 0.3 is 5.69 Å². The van der Waals surface area contributed by atoms with E-state index in [0.29, 0.717) is 23.5 Å². The van der Waals surface area contributed by atoms with Crippen LogP contribution in [0.5, 0.6) is 0 Å². The predicted molar refractivity (Wildman–Crippen MR) is 88.2 cm³/mol. The summed E-state index contributed by atoms with van der Waals surface area (Å²) in [4.78, 5) is 28.9. The second kappa shape index (κ2) is 5.24. The van der Waals surface area contributed by atoms with Crippen molar-refractivity contribution in [2.24, 2.45) is 14.1 Å². The van der Waals surface area contributed by atoms with Gasteiger partial charge in [0.15, 0.2) is 11.2 Å². The topological polar surface area (TPSA) is 61.8 Å². The van der Waals surface area contributed by atoms with Crippen molar-refractivity contribution in [3.05, 3.63) is 61.0 Å². The molecule has 2 heterocycles. The summed E-state index contributed by atoms with van der Waals surface area (Å²) >= 11 is 3.45. The molecule has 0 N–H and O–H groups in total. The average molecular weight is 363 g/mol. The van der Waals surface area contributed by atoms with Gasteiger partial charge in [-0.3, -0.25) is 13.9 Å². The normalized spacial score (nSPS) is 11.3. The molecule has 114 valence electrons. The fraction of sp³-hybridized carbons (Fsp3) is 0.267. The summed E-state index contributed by atoms with van der Waals surface area (Å²) in [5.74, 6) is 0.702. The van der Waals surface area contributed by atoms with E-state index in [1.165, 1.54) is 11.6 Å². The van der Waals surface area contributed by atoms with E-state index in [1.54, 1.807) is 7.05 Å². The molecule has 0 unspecified atom stereocenters. The minimum absolute atomic E-state index is 0.325. The second-order valence-corrected chi connectivity index (χ2v) is 6.17. The van der Waals surface area contributed by atoms with E-state index in [0.717, 1.165) is 14.6 Å². The first-order valence-corrected chi connectivity index (χ1v) is 7.56. The summed E-state index contributed by atoms with van der Waals surface area (Å²) in [7, 11) is 3.11. The number of fused-ring (bicyclic) bond motifs is 1. The minimum Gasteiger partial charge on any atom is -0.318 e. The number of halogens is 1. The summed E-state index contributed by atoms with van der Waals surface area (Å²) in [5.41, 5.74) is 1.22. The molecule has 0 saturated carbocycles. The van der Waals surface area contributed by atoms with Gasteiger partial charge in [0, 0.05) is 25.1 Å². The summed E-state index contributed by atoms with van der Waals surface area (Å²) in [6.07, 6.45) is 0. The standard InChI is InChI=1S/C15H15BrN4O2/c1-9-17-13-12(14(21)19(3)15(22)18(13)2)20(9)8-10-5-4-6-11(16)7-10/h4-7H,8H2,1-3H3. The Bertz CT molecular complexity index is 997. The minimum atomic E-state index is -0.371. The second-order valence-electron chi connectivity index (χ2n) is 5.25. The average Bonchev–Trinajstić information content (AvgIpc) is 2.80. The lowest BCUT2D eigenvalue weighted by atomic mass is 10.2. The largest absolute Gasteiger partial charge is 0.332 e. The third-order valence-corrected chi connectivity index (χ3v) is 4.26. The number of hydrogen-bond acceptors (Lipinski definition) is 3. The molecular weight excluding hydrogens is 348 g/mol. The fourth-order valence-electron chi connectivity index (χ4n) is 2.57. The number of aryl methyl sites for hydroxylation is 2. The lowest BCUT2D eigenvalue weighted by molar-refractivity contribution is 0.701. The Labute approximate surface area is 134 Å². The molecule has 3 aromatic rings. The molecule has 0 fully saturated rings. The van der Waals surface area contributed by atoms with Crippen LogP contribution in [0.2, 0.25) is 0 Å². The van der Waals surface area contributed by atoms with E-state index in [9.17, 15) is 9.59 Å². The van der Waals surface area contributed by atoms with Gasteiger partial charge in [0.25, 0.3) is 5.56 Å². The number of rotatable bonds is 2. The smallest absolute Gasteiger partial charge is 0.318 e. The molecule has 0 atom stereocenters. The first-order chi connectivity index (χ1) is 10.4. The Morgan fingerprint density at radius 2 is 1.91 bits per heavy atom. The Hall–Kier alpha value is -2.15. The van der Waals surface area contributed by atoms with E-state index < -0.39 is 0 Å². The van der Waals surface area contributed by atoms with Crippen molar-refractivity contribution in [3.8, 4) is 0 Å². The molecule has 1 aromatic carbocycles. The van der Waals surface area contributed by atoms with Gasteiger partial charge in [0.05, 0.1) is 0 Å². The van der Waals surface area contributed by atoms with Crippen molar-refractivity contribution in [1.82, 2.24) is 18.7 Å². The zero-order valence-corrected chi connectivity index (χ0v) is 14.1. The van der Waals surface area contributed by atoms with Crippen molar-refractivity contribution < 1.29 is 0 Å². The Morgan fingerprint density at radius 3 is 2.59 bits per heavy atom. The van der Waals surface area contributed by atoms with Crippen LogP contribution in [0.25, 0.3) is 11.2 Å². The number of benzene rings is 1. The lowest BCUT2D eigenvalue weighted by Crippen LogP contribution is -2.37. The first kappa shape index (κ1) is 14.8. The molecule has 0 radical (unpaired) electrons. The lowest BCUT2D eigenvalue weighted by Gasteiger charge is -2.08. The molecule has 0 saturated heterocycles. The predicted octanol–water partition coefficient (Wildman–Crippen LogP) is 1.55. The number of hydrogen-bond donors (Lipinski definition) is 0. The zero-order chi connectivity index (χ0) is 16.0. The van der Waals surface area contributed by atoms with Crippen LogP contribution < -0.4 is 11.2 Å². The van der Waals surface area contributed by atoms with Crippen molar-refractivity contribution in [2.45, 2.75) is 13.5 Å². The van der Waals surface area contributed by atoms with E-state index >= 15 is 0 Å². The Kier molecular flexibility index (Phi) is 3.52. The van der Waals surface area contributed by atoms with Crippen molar-refractivity contribution >= 4 is 27.1 Å². The maximum Gasteiger partial charge on any atom is 0.332 e. The van der Waals surface area contributed by atoms with Gasteiger partial charge in [0.2, 0.25) is 0 Å². The molecule has 0 amide bonds. The van der Waals surface area contributed by atoms with Crippen molar-refractivity contribution in [1.29, 1.82) is 0 Å². The van der Waals surface area contributed by atoms with Crippen LogP contribution in [0.15, 0.2) is 38.3 Å². The Morgan fingerprint density at radius 1 is 1.18 bits per heavy atom. The summed E-state index contributed by atoms with van der Waals surface area (Å²) in [5, 5.41) is 0. The highest BCUT2D eigenvalue weighted by molar-refractivity contribution is 9.10. The van der Waals surface area contributed by atoms with Crippen LogP contribution in [-0.2, 0) is 20.6 Å². The summed E-state index contributed by atoms with van der Waals surface area (Å²) in [6, 6.07) is 7.88. The molecule has 22 heavy (non-hydrogen) atoms. The highest BCUT2D eigenvalue weighted by atomic mass is 79.9. The SMILES string of the molecule is Cc1nc2c(c(=O)n(C)c(=O)n2C)n1Cc1cccc(Br)c1. The molecule has 0 spiro atoms. The molecule has 0 aliphatic carbocycles. The molecule has 2 aromatic heterocycles. The van der Waals surface area contributed by atoms with Gasteiger partial charge in [-0.15, -0.1) is 0 Å². The van der Waals surface area contributed by atoms with Crippen LogP contribution in [0.4, 0.5) is 0 Å². The molecule has 6 nitrogen and oxygen atoms in total. The van der Waals surface area contributed by atoms with E-state index in [2.05, 4.69) is 20.9 Å². The molecule has 0 aliphatic heterocycles. The maximum absolute atomic E-state index is 12.5. The van der Waals surface area contributed by atoms with Gasteiger partial charge in [-0.1, -0.05) is 28.1 Å². The van der Waals surface area contributed by atoms with Crippen molar-refractivity contribution in [3.63, 3.8) is 0 Å². The van der Waals surface area contributed by atoms with E-state index in [4.69, 9.17) is 0 Å². The molecule has 0 bridgehead atoms. The number of imidazole rings is 1. The maximum atomic E-state index is 12.5. The zero-order valence-electron chi connectivity index (χ0n) is 12.5. The van der Waals surface area contributed by atoms with Crippen LogP contribution in [-0.4, -0.2) is 18.7 Å². The first-order valence-electron chi connectivity index (χ1n) is 6.77. The summed E-state index contributed by atoms with van der Waals surface area (Å²) < 4.78 is 5.34. The molecular formula is C15H15BrN4O2. The number of nitrogens with zero attached hydrogens (tertiary/aromatic N) is 4. The van der Waals surface area contributed by atoms with E-state index in [1.807, 2.05) is 35.8 Å². The van der Waals surface area contributed by atoms with Gasteiger partial charge in [-0.25, -0.2) is 9.78 Å². The van der Waals surface area contributed by atoms with E-state index in [-0.39, 0.29) is 11.2 Å². The highest BCUT2D eigenvalue weighted by Gasteiger charge is 2.17. The number of aromatic nitrogens is 4. The highest BCUT2D eigenvalue weighted by Crippen LogP contribution is 2.16. The van der Waals surface area contributed by atoms with Crippen LogP contribution in [0.1, 0.15) is 11.4 Å². The third-order valence-electron chi connectivity index (χ3n) is 3.77. The Balaban J connectivity index is 2.29. The van der Waals surface area contributed by atoms with Crippen LogP contribution >= 0.6 is 15.9 Å². The van der Waals surface area contributed by atoms with Gasteiger partial charge in [-0.05, 0) is 24.6 Å². The fourth-order valence-corrected chi connectivity index (χ4v) is 3.01. The van der Waals surface area contributed by atoms with Gasteiger partial charge in [0.1, 0.15) is 5.82 Å². The molecule has 0 aliphatic rings. The summed E-state index contributed by atoms with van der Waals surface area (Å²) in [6.45, 7) is 2.36. The molecule has 3 rings (SSSR count). The van der Waals surface area contributed by atoms with Crippen LogP contribution in [0, 0.1) is 6.92 Å². The quantitative estimate of drug-likeness (QED) is 0.694. The van der Waals surface area contributed by atoms with Crippen molar-refractivity contribution in [2.75, 3.05) is 0 Å². The van der Waals surface area contributed by atoms with Crippen LogP contribution in [0.3, 0.4) is 0 Å². The molecule has 7 heteroatoms. The van der Waals surface area contributed by atoms with Gasteiger partial charge < -0.3 is 4.57 Å².